The Morgan fingerprint density at radius 3 is 1.23 bits per heavy atom. The van der Waals surface area contributed by atoms with Gasteiger partial charge in [0.15, 0.2) is 0 Å². The van der Waals surface area contributed by atoms with Gasteiger partial charge in [0.2, 0.25) is 0 Å². The Labute approximate surface area is 438 Å². The first-order valence-corrected chi connectivity index (χ1v) is 26.7. The van der Waals surface area contributed by atoms with Crippen LogP contribution in [0.4, 0.5) is 0 Å². The van der Waals surface area contributed by atoms with Gasteiger partial charge < -0.3 is 9.97 Å². The van der Waals surface area contributed by atoms with Crippen molar-refractivity contribution >= 4 is 44.4 Å². The van der Waals surface area contributed by atoms with E-state index in [4.69, 9.17) is 15.0 Å². The van der Waals surface area contributed by atoms with Gasteiger partial charge >= 0.3 is 0 Å². The zero-order valence-corrected chi connectivity index (χ0v) is 46.0. The molecule has 8 heterocycles. The summed E-state index contributed by atoms with van der Waals surface area (Å²) in [5.41, 5.74) is 30.8. The number of rotatable bonds is 9. The summed E-state index contributed by atoms with van der Waals surface area (Å²) in [6, 6.07) is 37.1. The molecule has 0 amide bonds. The van der Waals surface area contributed by atoms with Crippen molar-refractivity contribution in [3.05, 3.63) is 172 Å². The fourth-order valence-electron chi connectivity index (χ4n) is 11.3. The van der Waals surface area contributed by atoms with Gasteiger partial charge in [0.1, 0.15) is 0 Å². The van der Waals surface area contributed by atoms with Crippen molar-refractivity contribution in [3.8, 4) is 56.2 Å². The van der Waals surface area contributed by atoms with Crippen molar-refractivity contribution in [2.24, 2.45) is 0 Å². The standard InChI is InChI=1S/C67H71N7/c1-15-48-38(5)62-60(43-27-25-42(26-28-43)44-33-58(52-23-19-21-29-68-52)70-59(34-44)53-24-20-22-30-69-53)63-39(6)49(16-2)55(72-63)37-57-51(18-4)41(8)65(74-57)61(64-40(7)50(17-3)56(73-64)36-54(48)71-62)45-31-46(66(9,10)11)35-47(32-45)67(12,13)14/h19-37,71,74H,15-18H2,1-14H3. The van der Waals surface area contributed by atoms with Gasteiger partial charge in [0.25, 0.3) is 0 Å². The molecule has 8 bridgehead atoms. The molecule has 0 saturated heterocycles. The highest BCUT2D eigenvalue weighted by atomic mass is 14.8. The smallest absolute Gasteiger partial charge is 0.0900 e. The average Bonchev–Trinajstić information content (AvgIpc) is 4.09. The van der Waals surface area contributed by atoms with E-state index in [1.807, 2.05) is 48.8 Å². The number of aromatic nitrogens is 7. The number of hydrogen-bond acceptors (Lipinski definition) is 5. The van der Waals surface area contributed by atoms with Crippen LogP contribution < -0.4 is 0 Å². The fourth-order valence-corrected chi connectivity index (χ4v) is 11.3. The molecule has 0 unspecified atom stereocenters. The maximum Gasteiger partial charge on any atom is 0.0900 e. The van der Waals surface area contributed by atoms with Crippen molar-refractivity contribution in [2.45, 2.75) is 133 Å². The summed E-state index contributed by atoms with van der Waals surface area (Å²) in [5, 5.41) is 0. The highest BCUT2D eigenvalue weighted by molar-refractivity contribution is 6.03. The normalized spacial score (nSPS) is 13.1. The minimum atomic E-state index is -0.0585. The Balaban J connectivity index is 1.29. The number of allylic oxidation sites excluding steroid dienone is 4. The lowest BCUT2D eigenvalue weighted by molar-refractivity contribution is 0.569. The quantitative estimate of drug-likeness (QED) is 0.150. The Hall–Kier alpha value is -7.51. The lowest BCUT2D eigenvalue weighted by Crippen LogP contribution is -2.16. The number of pyridine rings is 3. The molecule has 0 atom stereocenters. The third kappa shape index (κ3) is 8.94. The number of hydrogen-bond donors (Lipinski definition) is 2. The van der Waals surface area contributed by atoms with E-state index in [1.165, 1.54) is 61.2 Å². The molecular weight excluding hydrogens is 903 g/mol. The molecule has 0 saturated carbocycles. The van der Waals surface area contributed by atoms with Gasteiger partial charge in [-0.2, -0.15) is 0 Å². The molecule has 0 spiro atoms. The Morgan fingerprint density at radius 2 is 0.838 bits per heavy atom. The van der Waals surface area contributed by atoms with Crippen LogP contribution in [0.3, 0.4) is 0 Å². The van der Waals surface area contributed by atoms with Crippen molar-refractivity contribution in [1.82, 2.24) is 34.9 Å². The van der Waals surface area contributed by atoms with Crippen LogP contribution in [0.25, 0.3) is 101 Å². The number of aryl methyl sites for hydroxylation is 4. The first kappa shape index (κ1) is 50.0. The number of fused-ring (bicyclic) bond motifs is 8. The second-order valence-corrected chi connectivity index (χ2v) is 22.3. The highest BCUT2D eigenvalue weighted by Gasteiger charge is 2.28. The topological polar surface area (TPSA) is 96.0 Å². The van der Waals surface area contributed by atoms with Gasteiger partial charge in [0, 0.05) is 34.6 Å². The van der Waals surface area contributed by atoms with Crippen LogP contribution >= 0.6 is 0 Å². The molecule has 2 aliphatic rings. The zero-order valence-electron chi connectivity index (χ0n) is 46.0. The van der Waals surface area contributed by atoms with Crippen LogP contribution in [0, 0.1) is 13.8 Å². The van der Waals surface area contributed by atoms with E-state index < -0.39 is 0 Å². The minimum Gasteiger partial charge on any atom is -0.354 e. The van der Waals surface area contributed by atoms with Crippen LogP contribution in [0.15, 0.2) is 116 Å². The predicted molar refractivity (Wildman–Crippen MR) is 313 cm³/mol. The summed E-state index contributed by atoms with van der Waals surface area (Å²) in [4.78, 5) is 34.1. The Morgan fingerprint density at radius 1 is 0.405 bits per heavy atom. The maximum absolute atomic E-state index is 5.77. The summed E-state index contributed by atoms with van der Waals surface area (Å²) >= 11 is 0. The molecule has 0 radical (unpaired) electrons. The Bertz CT molecular complexity index is 3650. The second kappa shape index (κ2) is 19.4. The number of aromatic amines is 2. The number of nitrogens with one attached hydrogen (secondary N) is 2. The number of benzene rings is 2. The summed E-state index contributed by atoms with van der Waals surface area (Å²) in [5.74, 6) is 0. The molecule has 6 aromatic heterocycles. The third-order valence-corrected chi connectivity index (χ3v) is 15.6. The van der Waals surface area contributed by atoms with Gasteiger partial charge in [-0.3, -0.25) is 9.97 Å². The largest absolute Gasteiger partial charge is 0.354 e. The molecule has 8 aromatic rings. The van der Waals surface area contributed by atoms with E-state index in [0.717, 1.165) is 121 Å². The lowest BCUT2D eigenvalue weighted by Gasteiger charge is -2.26. The van der Waals surface area contributed by atoms with E-state index in [2.05, 4.69) is 184 Å². The summed E-state index contributed by atoms with van der Waals surface area (Å²) in [6.07, 6.45) is 7.06. The first-order chi connectivity index (χ1) is 35.4. The van der Waals surface area contributed by atoms with Crippen LogP contribution in [0.2, 0.25) is 0 Å². The minimum absolute atomic E-state index is 0.0585. The second-order valence-electron chi connectivity index (χ2n) is 22.3. The van der Waals surface area contributed by atoms with Crippen LogP contribution in [0.1, 0.15) is 152 Å². The molecule has 0 aliphatic carbocycles. The van der Waals surface area contributed by atoms with E-state index in [0.29, 0.717) is 0 Å². The molecule has 74 heavy (non-hydrogen) atoms. The molecule has 2 aliphatic heterocycles. The molecule has 7 heteroatoms. The van der Waals surface area contributed by atoms with E-state index in [-0.39, 0.29) is 10.8 Å². The lowest BCUT2D eigenvalue weighted by atomic mass is 9.78. The third-order valence-electron chi connectivity index (χ3n) is 15.6. The summed E-state index contributed by atoms with van der Waals surface area (Å²) < 4.78 is 0. The first-order valence-electron chi connectivity index (χ1n) is 26.7. The molecule has 374 valence electrons. The van der Waals surface area contributed by atoms with E-state index in [1.54, 1.807) is 0 Å². The van der Waals surface area contributed by atoms with Gasteiger partial charge in [-0.15, -0.1) is 0 Å². The monoisotopic (exact) mass is 974 g/mol. The molecule has 10 rings (SSSR count). The maximum atomic E-state index is 5.77. The summed E-state index contributed by atoms with van der Waals surface area (Å²) in [6.45, 7) is 32.1. The van der Waals surface area contributed by atoms with Crippen molar-refractivity contribution in [2.75, 3.05) is 0 Å². The number of nitrogens with zero attached hydrogens (tertiary/aromatic N) is 5. The average molecular weight is 974 g/mol. The van der Waals surface area contributed by atoms with Gasteiger partial charge in [-0.25, -0.2) is 15.0 Å². The highest BCUT2D eigenvalue weighted by Crippen LogP contribution is 2.45. The fraction of sp³-hybridized carbons (Fsp3) is 0.299. The molecule has 0 fully saturated rings. The SMILES string of the molecule is CCC1=C(C)c2nc1cc1[nH]c(c(C)c1CC)c(-c1ccc(-c3cc(-c4ccccn4)nc(-c4ccccn4)c3)cc1)c1nc(cc3[nH]c(c(C)c3CC)c2-c2cc(C(C)(C)C)cc(C(C)(C)C)c2)C(CC)=C1C. The zero-order chi connectivity index (χ0) is 52.4. The van der Waals surface area contributed by atoms with Crippen molar-refractivity contribution < 1.29 is 0 Å². The van der Waals surface area contributed by atoms with Crippen molar-refractivity contribution in [3.63, 3.8) is 0 Å². The molecule has 2 aromatic carbocycles. The van der Waals surface area contributed by atoms with E-state index in [9.17, 15) is 0 Å². The number of H-pyrrole nitrogens is 2. The summed E-state index contributed by atoms with van der Waals surface area (Å²) in [7, 11) is 0. The Kier molecular flexibility index (Phi) is 13.1. The van der Waals surface area contributed by atoms with Crippen LogP contribution in [-0.2, 0) is 23.7 Å². The molecular formula is C67H71N7. The molecule has 7 nitrogen and oxygen atoms in total. The van der Waals surface area contributed by atoms with Gasteiger partial charge in [-0.05, 0) is 191 Å². The van der Waals surface area contributed by atoms with Gasteiger partial charge in [-0.1, -0.05) is 124 Å². The predicted octanol–water partition coefficient (Wildman–Crippen LogP) is 17.9. The van der Waals surface area contributed by atoms with Gasteiger partial charge in [0.05, 0.1) is 56.6 Å². The van der Waals surface area contributed by atoms with E-state index >= 15 is 0 Å². The molecule has 2 N–H and O–H groups in total. The van der Waals surface area contributed by atoms with Crippen LogP contribution in [-0.4, -0.2) is 34.9 Å². The van der Waals surface area contributed by atoms with Crippen molar-refractivity contribution in [1.29, 1.82) is 0 Å². The van der Waals surface area contributed by atoms with Crippen LogP contribution in [0.5, 0.6) is 0 Å².